The SMILES string of the molecule is O=C(NC(=O)C1CC1)C(=Cc1ccc(Cl)cc1)c1ccc(F)cc1F. The van der Waals surface area contributed by atoms with Crippen molar-refractivity contribution < 1.29 is 18.4 Å². The molecule has 0 heterocycles. The van der Waals surface area contributed by atoms with Crippen molar-refractivity contribution in [2.45, 2.75) is 12.8 Å². The lowest BCUT2D eigenvalue weighted by Gasteiger charge is -2.10. The van der Waals surface area contributed by atoms with E-state index in [1.807, 2.05) is 0 Å². The van der Waals surface area contributed by atoms with E-state index in [9.17, 15) is 18.4 Å². The van der Waals surface area contributed by atoms with E-state index in [2.05, 4.69) is 5.32 Å². The molecule has 0 aromatic heterocycles. The van der Waals surface area contributed by atoms with Crippen molar-refractivity contribution in [1.82, 2.24) is 5.32 Å². The van der Waals surface area contributed by atoms with Gasteiger partial charge in [-0.05, 0) is 48.7 Å². The summed E-state index contributed by atoms with van der Waals surface area (Å²) in [5.41, 5.74) is 0.448. The number of rotatable bonds is 4. The predicted molar refractivity (Wildman–Crippen MR) is 91.6 cm³/mol. The average molecular weight is 362 g/mol. The maximum absolute atomic E-state index is 14.2. The zero-order chi connectivity index (χ0) is 18.0. The zero-order valence-corrected chi connectivity index (χ0v) is 13.8. The lowest BCUT2D eigenvalue weighted by atomic mass is 10.0. The molecule has 2 amide bonds. The summed E-state index contributed by atoms with van der Waals surface area (Å²) >= 11 is 5.83. The van der Waals surface area contributed by atoms with Gasteiger partial charge >= 0.3 is 0 Å². The van der Waals surface area contributed by atoms with Crippen LogP contribution >= 0.6 is 11.6 Å². The first-order valence-electron chi connectivity index (χ1n) is 7.72. The van der Waals surface area contributed by atoms with Crippen molar-refractivity contribution in [3.63, 3.8) is 0 Å². The van der Waals surface area contributed by atoms with Crippen LogP contribution < -0.4 is 5.32 Å². The summed E-state index contributed by atoms with van der Waals surface area (Å²) < 4.78 is 27.3. The van der Waals surface area contributed by atoms with Crippen molar-refractivity contribution in [2.24, 2.45) is 5.92 Å². The Bertz CT molecular complexity index is 858. The number of carbonyl (C=O) groups is 2. The van der Waals surface area contributed by atoms with Crippen LogP contribution in [0.3, 0.4) is 0 Å². The summed E-state index contributed by atoms with van der Waals surface area (Å²) in [5, 5.41) is 2.80. The smallest absolute Gasteiger partial charge is 0.258 e. The third kappa shape index (κ3) is 4.31. The Labute approximate surface area is 148 Å². The van der Waals surface area contributed by atoms with Crippen LogP contribution in [0.1, 0.15) is 24.0 Å². The highest BCUT2D eigenvalue weighted by Crippen LogP contribution is 2.29. The molecule has 0 radical (unpaired) electrons. The Morgan fingerprint density at radius 2 is 1.76 bits per heavy atom. The van der Waals surface area contributed by atoms with Gasteiger partial charge in [0.15, 0.2) is 0 Å². The molecule has 1 saturated carbocycles. The van der Waals surface area contributed by atoms with Gasteiger partial charge in [-0.25, -0.2) is 8.78 Å². The minimum absolute atomic E-state index is 0.0613. The van der Waals surface area contributed by atoms with Gasteiger partial charge in [-0.2, -0.15) is 0 Å². The van der Waals surface area contributed by atoms with E-state index in [0.29, 0.717) is 16.7 Å². The minimum Gasteiger partial charge on any atom is -0.292 e. The summed E-state index contributed by atoms with van der Waals surface area (Å²) in [7, 11) is 0. The molecule has 1 aliphatic carbocycles. The molecule has 0 atom stereocenters. The first kappa shape index (κ1) is 17.3. The van der Waals surface area contributed by atoms with E-state index in [0.717, 1.165) is 18.9 Å². The second kappa shape index (κ2) is 7.15. The lowest BCUT2D eigenvalue weighted by molar-refractivity contribution is -0.128. The molecule has 128 valence electrons. The van der Waals surface area contributed by atoms with Crippen LogP contribution in [0.4, 0.5) is 8.78 Å². The fourth-order valence-corrected chi connectivity index (χ4v) is 2.45. The molecule has 1 N–H and O–H groups in total. The van der Waals surface area contributed by atoms with Crippen molar-refractivity contribution in [2.75, 3.05) is 0 Å². The Kier molecular flexibility index (Phi) is 4.95. The molecule has 2 aromatic rings. The molecule has 3 nitrogen and oxygen atoms in total. The van der Waals surface area contributed by atoms with Crippen LogP contribution in [0.5, 0.6) is 0 Å². The number of amides is 2. The summed E-state index contributed by atoms with van der Waals surface area (Å²) in [6.45, 7) is 0. The molecule has 3 rings (SSSR count). The van der Waals surface area contributed by atoms with Crippen molar-refractivity contribution >= 4 is 35.1 Å². The molecule has 0 saturated heterocycles. The molecule has 0 spiro atoms. The average Bonchev–Trinajstić information content (AvgIpc) is 3.40. The van der Waals surface area contributed by atoms with Gasteiger partial charge in [0, 0.05) is 22.6 Å². The van der Waals surface area contributed by atoms with Crippen LogP contribution in [0.15, 0.2) is 42.5 Å². The lowest BCUT2D eigenvalue weighted by Crippen LogP contribution is -2.32. The van der Waals surface area contributed by atoms with Gasteiger partial charge < -0.3 is 0 Å². The van der Waals surface area contributed by atoms with Crippen LogP contribution in [-0.2, 0) is 9.59 Å². The van der Waals surface area contributed by atoms with Crippen LogP contribution in [-0.4, -0.2) is 11.8 Å². The molecule has 0 unspecified atom stereocenters. The van der Waals surface area contributed by atoms with Crippen LogP contribution in [0.2, 0.25) is 5.02 Å². The molecule has 0 aliphatic heterocycles. The number of hydrogen-bond donors (Lipinski definition) is 1. The number of nitrogens with one attached hydrogen (secondary N) is 1. The van der Waals surface area contributed by atoms with E-state index >= 15 is 0 Å². The maximum atomic E-state index is 14.2. The second-order valence-corrected chi connectivity index (χ2v) is 6.26. The van der Waals surface area contributed by atoms with Crippen molar-refractivity contribution in [3.05, 3.63) is 70.2 Å². The van der Waals surface area contributed by atoms with Gasteiger partial charge in [-0.1, -0.05) is 23.7 Å². The molecule has 2 aromatic carbocycles. The quantitative estimate of drug-likeness (QED) is 0.655. The molecule has 6 heteroatoms. The summed E-state index contributed by atoms with van der Waals surface area (Å²) in [6.07, 6.45) is 2.91. The standard InChI is InChI=1S/C19H14ClF2NO2/c20-13-5-1-11(2-6-13)9-16(15-8-7-14(21)10-17(15)22)19(25)23-18(24)12-3-4-12/h1-2,5-10,12H,3-4H2,(H,23,24,25). The van der Waals surface area contributed by atoms with E-state index < -0.39 is 17.5 Å². The highest BCUT2D eigenvalue weighted by Gasteiger charge is 2.31. The Balaban J connectivity index is 1.98. The van der Waals surface area contributed by atoms with Gasteiger partial charge in [0.2, 0.25) is 5.91 Å². The topological polar surface area (TPSA) is 46.2 Å². The Morgan fingerprint density at radius 1 is 1.08 bits per heavy atom. The van der Waals surface area contributed by atoms with Gasteiger partial charge in [-0.3, -0.25) is 14.9 Å². The fourth-order valence-electron chi connectivity index (χ4n) is 2.33. The number of hydrogen-bond acceptors (Lipinski definition) is 2. The molecule has 0 bridgehead atoms. The largest absolute Gasteiger partial charge is 0.292 e. The molecular formula is C19H14ClF2NO2. The Morgan fingerprint density at radius 3 is 2.36 bits per heavy atom. The number of benzene rings is 2. The van der Waals surface area contributed by atoms with Gasteiger partial charge in [0.1, 0.15) is 11.6 Å². The number of carbonyl (C=O) groups excluding carboxylic acids is 2. The first-order chi connectivity index (χ1) is 11.9. The zero-order valence-electron chi connectivity index (χ0n) is 13.1. The minimum atomic E-state index is -0.880. The molecule has 1 aliphatic rings. The third-order valence-electron chi connectivity index (χ3n) is 3.83. The predicted octanol–water partition coefficient (Wildman–Crippen LogP) is 4.21. The fraction of sp³-hybridized carbons (Fsp3) is 0.158. The van der Waals surface area contributed by atoms with Crippen LogP contribution in [0.25, 0.3) is 11.6 Å². The summed E-state index contributed by atoms with van der Waals surface area (Å²) in [5.74, 6) is -2.90. The van der Waals surface area contributed by atoms with E-state index in [4.69, 9.17) is 11.6 Å². The normalized spacial score (nSPS) is 14.3. The second-order valence-electron chi connectivity index (χ2n) is 5.83. The summed E-state index contributed by atoms with van der Waals surface area (Å²) in [4.78, 5) is 24.4. The monoisotopic (exact) mass is 361 g/mol. The van der Waals surface area contributed by atoms with Gasteiger partial charge in [-0.15, -0.1) is 0 Å². The Hall–Kier alpha value is -2.53. The van der Waals surface area contributed by atoms with E-state index in [-0.39, 0.29) is 23.0 Å². The molecule has 25 heavy (non-hydrogen) atoms. The highest BCUT2D eigenvalue weighted by atomic mass is 35.5. The van der Waals surface area contributed by atoms with Crippen LogP contribution in [0, 0.1) is 17.6 Å². The number of halogens is 3. The van der Waals surface area contributed by atoms with E-state index in [1.54, 1.807) is 24.3 Å². The number of imide groups is 1. The molecular weight excluding hydrogens is 348 g/mol. The highest BCUT2D eigenvalue weighted by molar-refractivity contribution is 6.30. The maximum Gasteiger partial charge on any atom is 0.258 e. The van der Waals surface area contributed by atoms with E-state index in [1.165, 1.54) is 12.1 Å². The summed E-state index contributed by atoms with van der Waals surface area (Å²) in [6, 6.07) is 9.48. The molecule has 1 fully saturated rings. The van der Waals surface area contributed by atoms with Crippen molar-refractivity contribution in [3.8, 4) is 0 Å². The van der Waals surface area contributed by atoms with Gasteiger partial charge in [0.05, 0.1) is 5.57 Å². The third-order valence-corrected chi connectivity index (χ3v) is 4.08. The van der Waals surface area contributed by atoms with Gasteiger partial charge in [0.25, 0.3) is 5.91 Å². The van der Waals surface area contributed by atoms with Crippen molar-refractivity contribution in [1.29, 1.82) is 0 Å². The first-order valence-corrected chi connectivity index (χ1v) is 8.10.